The van der Waals surface area contributed by atoms with E-state index in [0.29, 0.717) is 114 Å². The molecule has 0 radical (unpaired) electrons. The average Bonchev–Trinajstić information content (AvgIpc) is 1.08. The largest absolute Gasteiger partial charge is 0.402 e. The van der Waals surface area contributed by atoms with Crippen molar-refractivity contribution in [3.63, 3.8) is 0 Å². The molecule has 1 atom stereocenters. The predicted octanol–water partition coefficient (Wildman–Crippen LogP) is 14.2. The molecule has 0 aliphatic carbocycles. The van der Waals surface area contributed by atoms with E-state index in [4.69, 9.17) is 49.4 Å². The first-order valence-corrected chi connectivity index (χ1v) is 38.3. The van der Waals surface area contributed by atoms with Gasteiger partial charge in [0.15, 0.2) is 32.9 Å². The monoisotopic (exact) mass is 1530 g/mol. The van der Waals surface area contributed by atoms with Gasteiger partial charge in [-0.25, -0.2) is 49.3 Å². The topological polar surface area (TPSA) is 411 Å². The maximum absolute atomic E-state index is 13.7. The molecule has 3 aromatic carbocycles. The number of nitrogens with one attached hydrogen (secondary N) is 3. The van der Waals surface area contributed by atoms with Gasteiger partial charge >= 0.3 is 0 Å². The number of hydrogen-bond acceptors (Lipinski definition) is 24. The van der Waals surface area contributed by atoms with Gasteiger partial charge in [0.1, 0.15) is 41.1 Å². The molecule has 6 aromatic rings. The number of halogens is 1. The Morgan fingerprint density at radius 3 is 1.13 bits per heavy atom. The Kier molecular flexibility index (Phi) is 30.5. The summed E-state index contributed by atoms with van der Waals surface area (Å²) >= 11 is 4.22. The van der Waals surface area contributed by atoms with Gasteiger partial charge in [0, 0.05) is 162 Å². The smallest absolute Gasteiger partial charge is 0.224 e. The number of anilines is 6. The molecule has 0 spiro atoms. The summed E-state index contributed by atoms with van der Waals surface area (Å²) in [4.78, 5) is 87.9. The van der Waals surface area contributed by atoms with Crippen molar-refractivity contribution in [2.45, 2.75) is 187 Å². The van der Waals surface area contributed by atoms with Crippen LogP contribution in [-0.2, 0) is 14.4 Å². The third-order valence-corrected chi connectivity index (χ3v) is 20.5. The van der Waals surface area contributed by atoms with Crippen LogP contribution in [0.2, 0.25) is 0 Å². The molecule has 4 aliphatic rings. The summed E-state index contributed by atoms with van der Waals surface area (Å²) in [6.07, 6.45) is 11.7. The fourth-order valence-corrected chi connectivity index (χ4v) is 14.2. The Hall–Kier alpha value is -9.40. The lowest BCUT2D eigenvalue weighted by molar-refractivity contribution is -0.116. The molecule has 17 N–H and O–H groups in total. The summed E-state index contributed by atoms with van der Waals surface area (Å²) in [6.45, 7) is 22.4. The average molecular weight is 1530 g/mol. The van der Waals surface area contributed by atoms with Crippen molar-refractivity contribution in [1.29, 1.82) is 0 Å². The summed E-state index contributed by atoms with van der Waals surface area (Å²) in [7, 11) is 0. The molecule has 106 heavy (non-hydrogen) atoms. The lowest BCUT2D eigenvalue weighted by Gasteiger charge is -2.38. The number of piperidine rings is 3. The van der Waals surface area contributed by atoms with Gasteiger partial charge in [0.2, 0.25) is 17.7 Å². The van der Waals surface area contributed by atoms with Gasteiger partial charge in [-0.2, -0.15) is 0 Å². The fourth-order valence-electron chi connectivity index (χ4n) is 11.9. The highest BCUT2D eigenvalue weighted by Gasteiger charge is 2.34. The number of nitrogens with zero attached hydrogens (tertiary/aromatic N) is 13. The highest BCUT2D eigenvalue weighted by molar-refractivity contribution is 7.99. The summed E-state index contributed by atoms with van der Waals surface area (Å²) in [5.41, 5.74) is 37.9. The first-order valence-electron chi connectivity index (χ1n) is 35.8. The van der Waals surface area contributed by atoms with Crippen molar-refractivity contribution >= 4 is 122 Å². The van der Waals surface area contributed by atoms with Crippen LogP contribution in [0.15, 0.2) is 171 Å². The lowest BCUT2D eigenvalue weighted by atomic mass is 9.83. The van der Waals surface area contributed by atoms with E-state index in [-0.39, 0.29) is 58.3 Å². The minimum Gasteiger partial charge on any atom is -0.402 e. The summed E-state index contributed by atoms with van der Waals surface area (Å²) in [5, 5.41) is 31.1. The number of benzene rings is 3. The van der Waals surface area contributed by atoms with Crippen molar-refractivity contribution in [3.05, 3.63) is 126 Å². The number of aromatic nitrogens is 6. The van der Waals surface area contributed by atoms with Crippen molar-refractivity contribution in [2.24, 2.45) is 55.3 Å². The van der Waals surface area contributed by atoms with Crippen LogP contribution >= 0.6 is 35.3 Å². The normalized spacial score (nSPS) is 17.4. The number of allylic oxidation sites excluding steroid dienone is 3. The fraction of sp³-hybridized carbons (Fsp3) is 0.440. The number of carbonyl (C=O) groups is 3. The highest BCUT2D eigenvalue weighted by Crippen LogP contribution is 2.37. The minimum absolute atomic E-state index is 0. The van der Waals surface area contributed by atoms with Crippen LogP contribution < -0.4 is 65.1 Å². The number of amides is 3. The number of aliphatic hydroxyl groups is 2. The van der Waals surface area contributed by atoms with Crippen molar-refractivity contribution in [2.75, 3.05) is 83.0 Å². The number of carbonyl (C=O) groups excluding carboxylic acids is 3. The van der Waals surface area contributed by atoms with E-state index in [0.717, 1.165) is 114 Å². The van der Waals surface area contributed by atoms with Crippen molar-refractivity contribution in [3.8, 4) is 0 Å². The van der Waals surface area contributed by atoms with Crippen LogP contribution in [0.5, 0.6) is 0 Å². The third kappa shape index (κ3) is 26.6. The summed E-state index contributed by atoms with van der Waals surface area (Å²) in [5.74, 6) is 4.57. The standard InChI is InChI=1S/C26H35FN8OS.C25H35N7O2S.C24H33N7O2S.12H2/c1-3-25(36)30-19-4-6-21(7-5-19)37-26-32-23(31-22(29)14-17(2)28)15-24(33-26)34-12-9-20(10-13-34)35-11-8-18(27)16-35;1-5-23(33)28-18-6-8-19(9-7-18)35-24-30-21(29-20(27)14-16(2)26)15-22(31-24)32-12-10-17(11-13-32)25(3,4)34;1-4-22(32)27-17-6-8-18(9-7-17)34-23-29-20(28-19(26)14-16(3)25)15-21(30-23)31-12-10-24(33,5-2)11-13-31;;;;;;;;;;;;/h4-7,14-15,18,20H,3,8-13,16,28H2,1-2H3,(H,30,36)(H2,29,31,32,33);6-9,14-15,17,34H,5,10-13,26H2,1-4H3,(H,28,33)(H2,27,29,30,31);6-9,14-15,33H,4-5,10-13,25H2,1-3H3,(H,27,32)(H2,26,28,29,30);12*1H. The molecule has 0 saturated carbocycles. The van der Waals surface area contributed by atoms with Crippen LogP contribution in [0.25, 0.3) is 0 Å². The van der Waals surface area contributed by atoms with Crippen LogP contribution in [0.3, 0.4) is 0 Å². The molecule has 10 rings (SSSR count). The number of likely N-dealkylation sites (tertiary alicyclic amines) is 1. The number of alkyl halides is 1. The number of aliphatic imine (C=N–C) groups is 3. The van der Waals surface area contributed by atoms with Crippen LogP contribution in [0.4, 0.5) is 56.4 Å². The third-order valence-electron chi connectivity index (χ3n) is 17.9. The Morgan fingerprint density at radius 1 is 0.528 bits per heavy atom. The number of rotatable bonds is 24. The molecule has 0 bridgehead atoms. The molecular weight excluding hydrogens is 1400 g/mol. The number of nitrogens with two attached hydrogens (primary N) is 6. The molecule has 1 unspecified atom stereocenters. The maximum Gasteiger partial charge on any atom is 0.224 e. The van der Waals surface area contributed by atoms with Gasteiger partial charge in [-0.1, -0.05) is 27.7 Å². The molecule has 7 heterocycles. The van der Waals surface area contributed by atoms with E-state index in [2.05, 4.69) is 65.5 Å². The zero-order valence-electron chi connectivity index (χ0n) is 62.1. The Bertz CT molecular complexity index is 4180. The minimum atomic E-state index is -0.700. The second-order valence-corrected chi connectivity index (χ2v) is 30.2. The molecule has 4 aliphatic heterocycles. The van der Waals surface area contributed by atoms with Gasteiger partial charge in [-0.3, -0.25) is 19.3 Å². The van der Waals surface area contributed by atoms with Gasteiger partial charge in [0.25, 0.3) is 0 Å². The van der Waals surface area contributed by atoms with E-state index < -0.39 is 17.4 Å². The molecule has 592 valence electrons. The second-order valence-electron chi connectivity index (χ2n) is 27.0. The van der Waals surface area contributed by atoms with E-state index in [1.807, 2.05) is 126 Å². The van der Waals surface area contributed by atoms with Crippen molar-refractivity contribution in [1.82, 2.24) is 34.8 Å². The molecule has 4 saturated heterocycles. The highest BCUT2D eigenvalue weighted by atomic mass is 32.2. The van der Waals surface area contributed by atoms with E-state index in [9.17, 15) is 29.0 Å². The van der Waals surface area contributed by atoms with E-state index in [1.165, 1.54) is 35.3 Å². The van der Waals surface area contributed by atoms with Gasteiger partial charge in [0.05, 0.1) is 11.2 Å². The van der Waals surface area contributed by atoms with E-state index in [1.54, 1.807) is 45.1 Å². The Balaban J connectivity index is -0.000000515. The SMILES string of the molecule is CCC(=O)Nc1ccc(Sc2nc(N=C(N)C=C(C)N)cc(N3CCC(C(C)(C)O)CC3)n2)cc1.CCC(=O)Nc1ccc(Sc2nc(N=C(N)C=C(C)N)cc(N3CCC(N4CCC(F)C4)CC3)n2)cc1.CCC(=O)Nc1ccc(Sc2nc(N=C(N)C=C(C)N)cc(N3CCC(O)(CC)CC3)n2)cc1.[HH].[HH].[HH].[HH].[HH].[HH].[HH].[HH].[HH].[HH].[HH].[HH]. The van der Waals surface area contributed by atoms with Gasteiger partial charge in [-0.15, -0.1) is 0 Å². The molecule has 4 fully saturated rings. The van der Waals surface area contributed by atoms with Crippen LogP contribution in [0.1, 0.15) is 150 Å². The van der Waals surface area contributed by atoms with E-state index >= 15 is 0 Å². The summed E-state index contributed by atoms with van der Waals surface area (Å²) < 4.78 is 13.7. The molecule has 3 aromatic heterocycles. The molecular formula is C75H127FN22O5S3. The molecule has 27 nitrogen and oxygen atoms in total. The van der Waals surface area contributed by atoms with Crippen LogP contribution in [0, 0.1) is 5.92 Å². The first-order chi connectivity index (χ1) is 50.5. The Morgan fingerprint density at radius 2 is 0.849 bits per heavy atom. The number of amidine groups is 3. The zero-order chi connectivity index (χ0) is 76.7. The maximum atomic E-state index is 13.7. The van der Waals surface area contributed by atoms with Crippen molar-refractivity contribution < 1.29 is 46.1 Å². The molecule has 3 amide bonds. The molecule has 31 heteroatoms. The number of hydrogen-bond donors (Lipinski definition) is 11. The second kappa shape index (κ2) is 39.3. The van der Waals surface area contributed by atoms with Crippen LogP contribution in [-0.4, -0.2) is 156 Å². The first kappa shape index (κ1) is 82.3. The predicted molar refractivity (Wildman–Crippen MR) is 452 cm³/mol. The van der Waals surface area contributed by atoms with Gasteiger partial charge in [-0.05, 0) is 218 Å². The van der Waals surface area contributed by atoms with Gasteiger partial charge < -0.3 is 75.3 Å². The quantitative estimate of drug-likeness (QED) is 0.0152. The lowest BCUT2D eigenvalue weighted by Crippen LogP contribution is -2.44. The zero-order valence-corrected chi connectivity index (χ0v) is 64.5. The Labute approximate surface area is 651 Å². The summed E-state index contributed by atoms with van der Waals surface area (Å²) in [6, 6.07) is 28.5.